The van der Waals surface area contributed by atoms with Crippen molar-refractivity contribution in [3.8, 4) is 11.4 Å². The van der Waals surface area contributed by atoms with Crippen LogP contribution in [0.25, 0.3) is 22.4 Å². The van der Waals surface area contributed by atoms with Gasteiger partial charge in [-0.15, -0.1) is 0 Å². The van der Waals surface area contributed by atoms with Crippen LogP contribution in [0.3, 0.4) is 0 Å². The zero-order valence-corrected chi connectivity index (χ0v) is 18.0. The number of aryl methyl sites for hydroxylation is 1. The summed E-state index contributed by atoms with van der Waals surface area (Å²) in [5, 5.41) is 0.594. The first-order chi connectivity index (χ1) is 14.6. The van der Waals surface area contributed by atoms with Crippen molar-refractivity contribution in [1.82, 2.24) is 19.4 Å². The predicted molar refractivity (Wildman–Crippen MR) is 120 cm³/mol. The first-order valence-electron chi connectivity index (χ1n) is 10.7. The van der Waals surface area contributed by atoms with Crippen LogP contribution in [0, 0.1) is 5.92 Å². The van der Waals surface area contributed by atoms with Gasteiger partial charge in [0.1, 0.15) is 11.6 Å². The molecule has 0 bridgehead atoms. The molecule has 7 heteroatoms. The Hall–Kier alpha value is -2.60. The maximum absolute atomic E-state index is 12.7. The molecule has 0 spiro atoms. The largest absolute Gasteiger partial charge is 0.357 e. The number of anilines is 1. The van der Waals surface area contributed by atoms with Crippen molar-refractivity contribution in [3.63, 3.8) is 0 Å². The van der Waals surface area contributed by atoms with E-state index in [9.17, 15) is 4.79 Å². The topological polar surface area (TPSA) is 54.3 Å². The molecule has 2 aliphatic heterocycles. The second kappa shape index (κ2) is 7.91. The lowest BCUT2D eigenvalue weighted by molar-refractivity contribution is -0.135. The van der Waals surface area contributed by atoms with E-state index in [1.807, 2.05) is 36.2 Å². The number of imidazole rings is 1. The number of fused-ring (bicyclic) bond motifs is 1. The maximum atomic E-state index is 12.7. The van der Waals surface area contributed by atoms with Crippen molar-refractivity contribution in [3.05, 3.63) is 41.6 Å². The molecule has 156 valence electrons. The minimum absolute atomic E-state index is 0.144. The highest BCUT2D eigenvalue weighted by Gasteiger charge is 2.30. The lowest BCUT2D eigenvalue weighted by Crippen LogP contribution is -2.41. The van der Waals surface area contributed by atoms with Crippen LogP contribution in [0.4, 0.5) is 5.82 Å². The van der Waals surface area contributed by atoms with Gasteiger partial charge < -0.3 is 14.4 Å². The van der Waals surface area contributed by atoms with Crippen molar-refractivity contribution in [1.29, 1.82) is 0 Å². The Morgan fingerprint density at radius 2 is 1.83 bits per heavy atom. The summed E-state index contributed by atoms with van der Waals surface area (Å²) in [5.41, 5.74) is 2.91. The summed E-state index contributed by atoms with van der Waals surface area (Å²) in [7, 11) is 2.01. The van der Waals surface area contributed by atoms with Crippen LogP contribution in [0.1, 0.15) is 25.7 Å². The third-order valence-electron chi connectivity index (χ3n) is 6.45. The molecule has 0 N–H and O–H groups in total. The molecule has 2 aromatic heterocycles. The highest BCUT2D eigenvalue weighted by atomic mass is 35.5. The number of benzene rings is 1. The smallest absolute Gasteiger partial charge is 0.225 e. The van der Waals surface area contributed by atoms with E-state index in [-0.39, 0.29) is 5.92 Å². The fourth-order valence-electron chi connectivity index (χ4n) is 4.71. The SMILES string of the molecule is Cn1c(-c2cc(N3CCC(C(=O)N4CCCC4)CC3)ncc2Cl)nc2ccccc21. The summed E-state index contributed by atoms with van der Waals surface area (Å²) in [5.74, 6) is 2.22. The quantitative estimate of drug-likeness (QED) is 0.635. The molecule has 0 atom stereocenters. The molecule has 30 heavy (non-hydrogen) atoms. The second-order valence-corrected chi connectivity index (χ2v) is 8.71. The third-order valence-corrected chi connectivity index (χ3v) is 6.76. The van der Waals surface area contributed by atoms with Crippen LogP contribution in [-0.4, -0.2) is 51.5 Å². The number of amides is 1. The van der Waals surface area contributed by atoms with Gasteiger partial charge >= 0.3 is 0 Å². The lowest BCUT2D eigenvalue weighted by Gasteiger charge is -2.34. The second-order valence-electron chi connectivity index (χ2n) is 8.30. The molecule has 0 aliphatic carbocycles. The highest BCUT2D eigenvalue weighted by molar-refractivity contribution is 6.33. The van der Waals surface area contributed by atoms with Gasteiger partial charge in [-0.25, -0.2) is 9.97 Å². The molecule has 0 unspecified atom stereocenters. The number of hydrogen-bond donors (Lipinski definition) is 0. The molecular formula is C23H26ClN5O. The molecule has 5 rings (SSSR count). The Kier molecular flexibility index (Phi) is 5.11. The number of nitrogens with zero attached hydrogens (tertiary/aromatic N) is 5. The molecular weight excluding hydrogens is 398 g/mol. The third kappa shape index (κ3) is 3.43. The molecule has 6 nitrogen and oxygen atoms in total. The van der Waals surface area contributed by atoms with E-state index >= 15 is 0 Å². The number of carbonyl (C=O) groups is 1. The van der Waals surface area contributed by atoms with Crippen LogP contribution in [-0.2, 0) is 11.8 Å². The Morgan fingerprint density at radius 3 is 2.57 bits per heavy atom. The minimum atomic E-state index is 0.144. The zero-order valence-electron chi connectivity index (χ0n) is 17.2. The molecule has 2 saturated heterocycles. The van der Waals surface area contributed by atoms with E-state index in [1.165, 1.54) is 0 Å². The number of rotatable bonds is 3. The van der Waals surface area contributed by atoms with Gasteiger partial charge in [0.05, 0.1) is 16.1 Å². The van der Waals surface area contributed by atoms with E-state index < -0.39 is 0 Å². The lowest BCUT2D eigenvalue weighted by atomic mass is 9.95. The van der Waals surface area contributed by atoms with Crippen molar-refractivity contribution < 1.29 is 4.79 Å². The number of para-hydroxylation sites is 2. The number of carbonyl (C=O) groups excluding carboxylic acids is 1. The van der Waals surface area contributed by atoms with Crippen molar-refractivity contribution >= 4 is 34.4 Å². The zero-order chi connectivity index (χ0) is 20.7. The number of piperidine rings is 1. The number of likely N-dealkylation sites (tertiary alicyclic amines) is 1. The normalized spacial score (nSPS) is 17.8. The van der Waals surface area contributed by atoms with Gasteiger partial charge in [-0.3, -0.25) is 4.79 Å². The summed E-state index contributed by atoms with van der Waals surface area (Å²) in [6, 6.07) is 10.1. The van der Waals surface area contributed by atoms with E-state index in [4.69, 9.17) is 16.6 Å². The van der Waals surface area contributed by atoms with Crippen molar-refractivity contribution in [2.45, 2.75) is 25.7 Å². The Labute approximate surface area is 181 Å². The van der Waals surface area contributed by atoms with Crippen LogP contribution in [0.15, 0.2) is 36.5 Å². The van der Waals surface area contributed by atoms with Gasteiger partial charge in [-0.05, 0) is 43.9 Å². The average Bonchev–Trinajstić information content (AvgIpc) is 3.43. The molecule has 3 aromatic rings. The predicted octanol–water partition coefficient (Wildman–Crippen LogP) is 4.13. The van der Waals surface area contributed by atoms with Gasteiger partial charge in [-0.1, -0.05) is 23.7 Å². The molecule has 2 fully saturated rings. The first-order valence-corrected chi connectivity index (χ1v) is 11.1. The molecule has 1 amide bonds. The average molecular weight is 424 g/mol. The van der Waals surface area contributed by atoms with Crippen LogP contribution in [0.2, 0.25) is 5.02 Å². The Bertz CT molecular complexity index is 1080. The molecule has 1 aromatic carbocycles. The molecule has 0 radical (unpaired) electrons. The van der Waals surface area contributed by atoms with E-state index in [0.717, 1.165) is 80.1 Å². The highest BCUT2D eigenvalue weighted by Crippen LogP contribution is 2.33. The molecule has 4 heterocycles. The fraction of sp³-hybridized carbons (Fsp3) is 0.435. The van der Waals surface area contributed by atoms with Crippen molar-refractivity contribution in [2.24, 2.45) is 13.0 Å². The number of aromatic nitrogens is 3. The number of halogens is 1. The van der Waals surface area contributed by atoms with Crippen LogP contribution >= 0.6 is 11.6 Å². The van der Waals surface area contributed by atoms with Gasteiger partial charge in [-0.2, -0.15) is 0 Å². The molecule has 0 saturated carbocycles. The van der Waals surface area contributed by atoms with Crippen molar-refractivity contribution in [2.75, 3.05) is 31.1 Å². The van der Waals surface area contributed by atoms with Gasteiger partial charge in [0, 0.05) is 50.9 Å². The summed E-state index contributed by atoms with van der Waals surface area (Å²) in [6.07, 6.45) is 5.75. The molecule has 2 aliphatic rings. The number of hydrogen-bond acceptors (Lipinski definition) is 4. The number of pyridine rings is 1. The van der Waals surface area contributed by atoms with E-state index in [1.54, 1.807) is 6.20 Å². The maximum Gasteiger partial charge on any atom is 0.225 e. The van der Waals surface area contributed by atoms with Gasteiger partial charge in [0.25, 0.3) is 0 Å². The summed E-state index contributed by atoms with van der Waals surface area (Å²) >= 11 is 6.52. The first kappa shape index (κ1) is 19.4. The summed E-state index contributed by atoms with van der Waals surface area (Å²) in [4.78, 5) is 26.4. The Morgan fingerprint density at radius 1 is 1.10 bits per heavy atom. The van der Waals surface area contributed by atoms with Gasteiger partial charge in [0.15, 0.2) is 0 Å². The van der Waals surface area contributed by atoms with E-state index in [2.05, 4.69) is 20.5 Å². The standard InChI is InChI=1S/C23H26ClN5O/c1-27-20-7-3-2-6-19(20)26-22(27)17-14-21(25-15-18(17)24)28-12-8-16(9-13-28)23(30)29-10-4-5-11-29/h2-3,6-7,14-16H,4-5,8-13H2,1H3. The van der Waals surface area contributed by atoms with Crippen LogP contribution in [0.5, 0.6) is 0 Å². The summed E-state index contributed by atoms with van der Waals surface area (Å²) < 4.78 is 2.07. The van der Waals surface area contributed by atoms with Gasteiger partial charge in [0.2, 0.25) is 5.91 Å². The van der Waals surface area contributed by atoms with E-state index in [0.29, 0.717) is 10.9 Å². The minimum Gasteiger partial charge on any atom is -0.357 e. The fourth-order valence-corrected chi connectivity index (χ4v) is 4.90. The monoisotopic (exact) mass is 423 g/mol. The Balaban J connectivity index is 1.36. The summed E-state index contributed by atoms with van der Waals surface area (Å²) in [6.45, 7) is 3.53. The van der Waals surface area contributed by atoms with Crippen LogP contribution < -0.4 is 4.90 Å².